The van der Waals surface area contributed by atoms with E-state index >= 15 is 0 Å². The van der Waals surface area contributed by atoms with Gasteiger partial charge in [-0.15, -0.1) is 0 Å². The summed E-state index contributed by atoms with van der Waals surface area (Å²) in [7, 11) is 0. The molecule has 21 heavy (non-hydrogen) atoms. The van der Waals surface area contributed by atoms with Crippen molar-refractivity contribution in [1.29, 1.82) is 0 Å². The van der Waals surface area contributed by atoms with Gasteiger partial charge < -0.3 is 10.4 Å². The second-order valence-corrected chi connectivity index (χ2v) is 5.66. The van der Waals surface area contributed by atoms with E-state index in [1.54, 1.807) is 25.1 Å². The highest BCUT2D eigenvalue weighted by molar-refractivity contribution is 9.09. The minimum absolute atomic E-state index is 0.0222. The highest BCUT2D eigenvalue weighted by atomic mass is 79.9. The van der Waals surface area contributed by atoms with E-state index < -0.39 is 0 Å². The van der Waals surface area contributed by atoms with Gasteiger partial charge >= 0.3 is 0 Å². The third kappa shape index (κ3) is 4.33. The van der Waals surface area contributed by atoms with E-state index in [0.717, 1.165) is 6.42 Å². The number of carbonyl (C=O) groups excluding carboxylic acids is 1. The van der Waals surface area contributed by atoms with Crippen molar-refractivity contribution in [1.82, 2.24) is 5.32 Å². The van der Waals surface area contributed by atoms with Gasteiger partial charge in [-0.05, 0) is 42.7 Å². The summed E-state index contributed by atoms with van der Waals surface area (Å²) in [6.07, 6.45) is 0.773. The summed E-state index contributed by atoms with van der Waals surface area (Å²) in [5.41, 5.74) is 2.44. The van der Waals surface area contributed by atoms with Gasteiger partial charge in [0.15, 0.2) is 0 Å². The number of halogens is 1. The van der Waals surface area contributed by atoms with Gasteiger partial charge in [0.1, 0.15) is 5.75 Å². The normalized spacial score (nSPS) is 11.9. The average Bonchev–Trinajstić information content (AvgIpc) is 2.50. The van der Waals surface area contributed by atoms with Crippen molar-refractivity contribution in [2.75, 3.05) is 5.33 Å². The highest BCUT2D eigenvalue weighted by Crippen LogP contribution is 2.17. The molecular formula is C17H18BrNO2. The summed E-state index contributed by atoms with van der Waals surface area (Å²) >= 11 is 3.45. The van der Waals surface area contributed by atoms with Crippen LogP contribution in [0.4, 0.5) is 0 Å². The molecule has 4 heteroatoms. The van der Waals surface area contributed by atoms with E-state index in [1.165, 1.54) is 5.56 Å². The SMILES string of the molecule is Cc1cc(C(=O)NC(CBr)Cc2ccccc2)ccc1O. The molecule has 0 aliphatic rings. The maximum atomic E-state index is 12.3. The second kappa shape index (κ2) is 7.27. The minimum Gasteiger partial charge on any atom is -0.508 e. The lowest BCUT2D eigenvalue weighted by Crippen LogP contribution is -2.37. The predicted octanol–water partition coefficient (Wildman–Crippen LogP) is 3.44. The predicted molar refractivity (Wildman–Crippen MR) is 88.0 cm³/mol. The molecule has 0 radical (unpaired) electrons. The second-order valence-electron chi connectivity index (χ2n) is 5.02. The van der Waals surface area contributed by atoms with Gasteiger partial charge in [-0.3, -0.25) is 4.79 Å². The van der Waals surface area contributed by atoms with Crippen LogP contribution in [-0.4, -0.2) is 22.4 Å². The van der Waals surface area contributed by atoms with E-state index in [-0.39, 0.29) is 17.7 Å². The highest BCUT2D eigenvalue weighted by Gasteiger charge is 2.14. The molecule has 2 N–H and O–H groups in total. The fraction of sp³-hybridized carbons (Fsp3) is 0.235. The van der Waals surface area contributed by atoms with Gasteiger partial charge in [-0.1, -0.05) is 46.3 Å². The topological polar surface area (TPSA) is 49.3 Å². The number of phenolic OH excluding ortho intramolecular Hbond substituents is 1. The lowest BCUT2D eigenvalue weighted by Gasteiger charge is -2.16. The smallest absolute Gasteiger partial charge is 0.251 e. The van der Waals surface area contributed by atoms with Gasteiger partial charge in [0, 0.05) is 16.9 Å². The number of nitrogens with one attached hydrogen (secondary N) is 1. The van der Waals surface area contributed by atoms with Crippen LogP contribution in [0.5, 0.6) is 5.75 Å². The van der Waals surface area contributed by atoms with Crippen LogP contribution in [-0.2, 0) is 6.42 Å². The van der Waals surface area contributed by atoms with Crippen molar-refractivity contribution in [2.45, 2.75) is 19.4 Å². The molecule has 2 rings (SSSR count). The molecule has 1 amide bonds. The number of hydrogen-bond acceptors (Lipinski definition) is 2. The summed E-state index contributed by atoms with van der Waals surface area (Å²) in [6.45, 7) is 1.78. The van der Waals surface area contributed by atoms with Crippen molar-refractivity contribution in [3.63, 3.8) is 0 Å². The van der Waals surface area contributed by atoms with E-state index in [2.05, 4.69) is 21.2 Å². The lowest BCUT2D eigenvalue weighted by atomic mass is 10.1. The Morgan fingerprint density at radius 1 is 1.24 bits per heavy atom. The van der Waals surface area contributed by atoms with Gasteiger partial charge in [-0.2, -0.15) is 0 Å². The summed E-state index contributed by atoms with van der Waals surface area (Å²) in [5, 5.41) is 13.2. The average molecular weight is 348 g/mol. The van der Waals surface area contributed by atoms with Crippen LogP contribution in [0.2, 0.25) is 0 Å². The number of aromatic hydroxyl groups is 1. The molecule has 0 aliphatic carbocycles. The Balaban J connectivity index is 2.04. The molecule has 0 aromatic heterocycles. The van der Waals surface area contributed by atoms with E-state index in [1.807, 2.05) is 30.3 Å². The maximum absolute atomic E-state index is 12.3. The number of phenols is 1. The molecule has 3 nitrogen and oxygen atoms in total. The van der Waals surface area contributed by atoms with E-state index in [9.17, 15) is 9.90 Å². The molecule has 0 aliphatic heterocycles. The Morgan fingerprint density at radius 3 is 2.57 bits per heavy atom. The molecule has 0 bridgehead atoms. The van der Waals surface area contributed by atoms with Crippen molar-refractivity contribution < 1.29 is 9.90 Å². The van der Waals surface area contributed by atoms with Crippen molar-refractivity contribution in [3.05, 3.63) is 65.2 Å². The number of aryl methyl sites for hydroxylation is 1. The standard InChI is InChI=1S/C17H18BrNO2/c1-12-9-14(7-8-16(12)20)17(21)19-15(11-18)10-13-5-3-2-4-6-13/h2-9,15,20H,10-11H2,1H3,(H,19,21). The zero-order valence-corrected chi connectivity index (χ0v) is 13.4. The number of alkyl halides is 1. The Hall–Kier alpha value is -1.81. The number of rotatable bonds is 5. The molecule has 0 saturated heterocycles. The lowest BCUT2D eigenvalue weighted by molar-refractivity contribution is 0.0941. The van der Waals surface area contributed by atoms with Crippen molar-refractivity contribution in [3.8, 4) is 5.75 Å². The molecule has 0 heterocycles. The van der Waals surface area contributed by atoms with Gasteiger partial charge in [-0.25, -0.2) is 0 Å². The van der Waals surface area contributed by atoms with Gasteiger partial charge in [0.2, 0.25) is 0 Å². The molecule has 0 saturated carbocycles. The van der Waals surface area contributed by atoms with Crippen molar-refractivity contribution >= 4 is 21.8 Å². The molecule has 0 spiro atoms. The molecule has 1 atom stereocenters. The first-order valence-corrected chi connectivity index (χ1v) is 7.92. The Morgan fingerprint density at radius 2 is 1.95 bits per heavy atom. The Kier molecular flexibility index (Phi) is 5.39. The Labute approximate surface area is 133 Å². The van der Waals surface area contributed by atoms with Crippen LogP contribution < -0.4 is 5.32 Å². The third-order valence-electron chi connectivity index (χ3n) is 3.31. The molecule has 2 aromatic carbocycles. The summed E-state index contributed by atoms with van der Waals surface area (Å²) in [6, 6.07) is 14.9. The van der Waals surface area contributed by atoms with Crippen LogP contribution in [0.3, 0.4) is 0 Å². The first-order valence-electron chi connectivity index (χ1n) is 6.80. The summed E-state index contributed by atoms with van der Waals surface area (Å²) in [4.78, 5) is 12.3. The fourth-order valence-electron chi connectivity index (χ4n) is 2.11. The number of carbonyl (C=O) groups is 1. The van der Waals surface area contributed by atoms with E-state index in [4.69, 9.17) is 0 Å². The quantitative estimate of drug-likeness (QED) is 0.814. The summed E-state index contributed by atoms with van der Waals surface area (Å²) < 4.78 is 0. The molecule has 110 valence electrons. The number of benzene rings is 2. The van der Waals surface area contributed by atoms with Crippen LogP contribution in [0.25, 0.3) is 0 Å². The third-order valence-corrected chi connectivity index (χ3v) is 4.09. The Bertz CT molecular complexity index is 613. The van der Waals surface area contributed by atoms with Crippen molar-refractivity contribution in [2.24, 2.45) is 0 Å². The van der Waals surface area contributed by atoms with E-state index in [0.29, 0.717) is 16.5 Å². The van der Waals surface area contributed by atoms with Crippen LogP contribution >= 0.6 is 15.9 Å². The summed E-state index contributed by atoms with van der Waals surface area (Å²) in [5.74, 6) is 0.0753. The molecule has 2 aromatic rings. The first kappa shape index (κ1) is 15.6. The van der Waals surface area contributed by atoms with Gasteiger partial charge in [0.05, 0.1) is 0 Å². The van der Waals surface area contributed by atoms with Crippen LogP contribution in [0.15, 0.2) is 48.5 Å². The first-order chi connectivity index (χ1) is 10.1. The van der Waals surface area contributed by atoms with Gasteiger partial charge in [0.25, 0.3) is 5.91 Å². The minimum atomic E-state index is -0.126. The molecule has 1 unspecified atom stereocenters. The zero-order chi connectivity index (χ0) is 15.2. The number of hydrogen-bond donors (Lipinski definition) is 2. The zero-order valence-electron chi connectivity index (χ0n) is 11.8. The number of amides is 1. The van der Waals surface area contributed by atoms with Crippen LogP contribution in [0.1, 0.15) is 21.5 Å². The largest absolute Gasteiger partial charge is 0.508 e. The molecular weight excluding hydrogens is 330 g/mol. The monoisotopic (exact) mass is 347 g/mol. The maximum Gasteiger partial charge on any atom is 0.251 e. The fourth-order valence-corrected chi connectivity index (χ4v) is 2.50. The molecule has 0 fully saturated rings. The van der Waals surface area contributed by atoms with Crippen LogP contribution in [0, 0.1) is 6.92 Å².